The van der Waals surface area contributed by atoms with Crippen molar-refractivity contribution in [2.45, 2.75) is 20.0 Å². The molecule has 3 aromatic carbocycles. The first-order valence-corrected chi connectivity index (χ1v) is 10.6. The normalized spacial score (nSPS) is 11.0. The highest BCUT2D eigenvalue weighted by atomic mass is 16.3. The predicted octanol–water partition coefficient (Wildman–Crippen LogP) is 5.97. The summed E-state index contributed by atoms with van der Waals surface area (Å²) in [5, 5.41) is 0.913. The maximum atomic E-state index is 13.6. The van der Waals surface area contributed by atoms with Crippen molar-refractivity contribution in [1.82, 2.24) is 14.9 Å². The number of amides is 1. The minimum absolute atomic E-state index is 0.161. The van der Waals surface area contributed by atoms with Gasteiger partial charge in [-0.2, -0.15) is 0 Å². The number of carbonyl (C=O) groups excluding carboxylic acids is 1. The second-order valence-corrected chi connectivity index (χ2v) is 7.81. The largest absolute Gasteiger partial charge is 0.451 e. The highest BCUT2D eigenvalue weighted by Crippen LogP contribution is 2.27. The lowest BCUT2D eigenvalue weighted by atomic mass is 9.99. The zero-order chi connectivity index (χ0) is 21.9. The molecule has 0 fully saturated rings. The molecule has 0 aliphatic heterocycles. The Labute approximate surface area is 186 Å². The quantitative estimate of drug-likeness (QED) is 0.367. The Balaban J connectivity index is 1.52. The smallest absolute Gasteiger partial charge is 0.290 e. The number of hydrogen-bond donors (Lipinski definition) is 1. The van der Waals surface area contributed by atoms with E-state index in [1.807, 2.05) is 67.6 Å². The van der Waals surface area contributed by atoms with E-state index in [1.165, 1.54) is 0 Å². The first kappa shape index (κ1) is 19.8. The third kappa shape index (κ3) is 3.93. The fraction of sp³-hybridized carbons (Fsp3) is 0.111. The number of nitrogens with zero attached hydrogens (tertiary/aromatic N) is 2. The molecule has 1 amide bonds. The summed E-state index contributed by atoms with van der Waals surface area (Å²) >= 11 is 0. The van der Waals surface area contributed by atoms with Crippen LogP contribution in [0.2, 0.25) is 0 Å². The summed E-state index contributed by atoms with van der Waals surface area (Å²) in [6.45, 7) is 2.78. The van der Waals surface area contributed by atoms with Crippen LogP contribution in [0.4, 0.5) is 0 Å². The van der Waals surface area contributed by atoms with E-state index >= 15 is 0 Å². The summed E-state index contributed by atoms with van der Waals surface area (Å²) in [5.41, 5.74) is 5.78. The second kappa shape index (κ2) is 8.55. The van der Waals surface area contributed by atoms with Crippen molar-refractivity contribution in [2.75, 3.05) is 0 Å². The van der Waals surface area contributed by atoms with E-state index in [-0.39, 0.29) is 5.91 Å². The fourth-order valence-corrected chi connectivity index (χ4v) is 3.93. The molecule has 5 aromatic rings. The maximum absolute atomic E-state index is 13.6. The van der Waals surface area contributed by atoms with Crippen molar-refractivity contribution in [3.8, 4) is 11.1 Å². The lowest BCUT2D eigenvalue weighted by Gasteiger charge is -2.23. The maximum Gasteiger partial charge on any atom is 0.290 e. The lowest BCUT2D eigenvalue weighted by Crippen LogP contribution is -2.30. The van der Waals surface area contributed by atoms with Crippen LogP contribution in [0, 0.1) is 6.92 Å². The fourth-order valence-electron chi connectivity index (χ4n) is 3.93. The number of furan rings is 1. The van der Waals surface area contributed by atoms with Crippen LogP contribution in [-0.2, 0) is 13.1 Å². The summed E-state index contributed by atoms with van der Waals surface area (Å²) in [5.74, 6) is 0.169. The summed E-state index contributed by atoms with van der Waals surface area (Å²) < 4.78 is 5.89. The molecular formula is C27H23N3O2. The number of benzene rings is 3. The van der Waals surface area contributed by atoms with E-state index < -0.39 is 0 Å². The van der Waals surface area contributed by atoms with Gasteiger partial charge in [0.05, 0.1) is 18.6 Å². The van der Waals surface area contributed by atoms with Crippen LogP contribution in [-0.4, -0.2) is 20.8 Å². The van der Waals surface area contributed by atoms with Gasteiger partial charge in [0.2, 0.25) is 0 Å². The predicted molar refractivity (Wildman–Crippen MR) is 125 cm³/mol. The van der Waals surface area contributed by atoms with E-state index in [0.717, 1.165) is 33.5 Å². The number of carbonyl (C=O) groups is 1. The number of nitrogens with one attached hydrogen (secondary N) is 1. The van der Waals surface area contributed by atoms with E-state index in [4.69, 9.17) is 4.42 Å². The van der Waals surface area contributed by atoms with Crippen LogP contribution < -0.4 is 0 Å². The highest BCUT2D eigenvalue weighted by molar-refractivity contribution is 5.96. The third-order valence-corrected chi connectivity index (χ3v) is 5.66. The molecule has 5 heteroatoms. The van der Waals surface area contributed by atoms with Crippen molar-refractivity contribution in [3.63, 3.8) is 0 Å². The molecule has 2 heterocycles. The molecule has 158 valence electrons. The molecule has 0 aliphatic rings. The van der Waals surface area contributed by atoms with Gasteiger partial charge in [-0.25, -0.2) is 4.98 Å². The Morgan fingerprint density at radius 2 is 1.69 bits per heavy atom. The van der Waals surface area contributed by atoms with Crippen LogP contribution in [0.1, 0.15) is 27.5 Å². The zero-order valence-corrected chi connectivity index (χ0v) is 17.8. The van der Waals surface area contributed by atoms with E-state index in [0.29, 0.717) is 24.4 Å². The number of aryl methyl sites for hydroxylation is 1. The molecule has 0 radical (unpaired) electrons. The third-order valence-electron chi connectivity index (χ3n) is 5.66. The number of aromatic amines is 1. The number of fused-ring (bicyclic) bond motifs is 1. The SMILES string of the molecule is Cc1[nH]cnc1CN(Cc1ccccc1-c1ccccc1)C(=O)c1cc2ccccc2o1. The summed E-state index contributed by atoms with van der Waals surface area (Å²) in [6, 6.07) is 27.9. The minimum atomic E-state index is -0.161. The summed E-state index contributed by atoms with van der Waals surface area (Å²) in [6.07, 6.45) is 1.66. The van der Waals surface area contributed by atoms with Gasteiger partial charge in [0.1, 0.15) is 5.58 Å². The number of rotatable bonds is 6. The molecule has 2 aromatic heterocycles. The minimum Gasteiger partial charge on any atom is -0.451 e. The van der Waals surface area contributed by atoms with Gasteiger partial charge >= 0.3 is 0 Å². The zero-order valence-electron chi connectivity index (χ0n) is 17.8. The molecule has 0 bridgehead atoms. The molecule has 5 rings (SSSR count). The molecule has 0 atom stereocenters. The van der Waals surface area contributed by atoms with Crippen LogP contribution in [0.3, 0.4) is 0 Å². The number of aromatic nitrogens is 2. The average Bonchev–Trinajstić information content (AvgIpc) is 3.45. The topological polar surface area (TPSA) is 62.1 Å². The van der Waals surface area contributed by atoms with Crippen molar-refractivity contribution in [1.29, 1.82) is 0 Å². The molecule has 32 heavy (non-hydrogen) atoms. The van der Waals surface area contributed by atoms with Gasteiger partial charge in [-0.3, -0.25) is 4.79 Å². The van der Waals surface area contributed by atoms with Gasteiger partial charge in [-0.15, -0.1) is 0 Å². The standard InChI is InChI=1S/C27H23N3O2/c1-19-24(29-18-28-19)17-30(27(31)26-15-21-11-6-8-14-25(21)32-26)16-22-12-5-7-13-23(22)20-9-3-2-4-10-20/h2-15,18H,16-17H2,1H3,(H,28,29). The molecule has 0 spiro atoms. The number of para-hydroxylation sites is 1. The van der Waals surface area contributed by atoms with Crippen LogP contribution in [0.5, 0.6) is 0 Å². The number of hydrogen-bond acceptors (Lipinski definition) is 3. The molecular weight excluding hydrogens is 398 g/mol. The van der Waals surface area contributed by atoms with Crippen LogP contribution >= 0.6 is 0 Å². The van der Waals surface area contributed by atoms with Crippen LogP contribution in [0.25, 0.3) is 22.1 Å². The Bertz CT molecular complexity index is 1330. The van der Waals surface area contributed by atoms with E-state index in [1.54, 1.807) is 11.2 Å². The number of H-pyrrole nitrogens is 1. The van der Waals surface area contributed by atoms with E-state index in [2.05, 4.69) is 34.2 Å². The summed E-state index contributed by atoms with van der Waals surface area (Å²) in [7, 11) is 0. The van der Waals surface area contributed by atoms with Gasteiger partial charge in [0.25, 0.3) is 5.91 Å². The average molecular weight is 422 g/mol. The summed E-state index contributed by atoms with van der Waals surface area (Å²) in [4.78, 5) is 22.9. The molecule has 0 saturated heterocycles. The van der Waals surface area contributed by atoms with Crippen molar-refractivity contribution in [2.24, 2.45) is 0 Å². The van der Waals surface area contributed by atoms with Gasteiger partial charge in [0, 0.05) is 17.6 Å². The molecule has 0 unspecified atom stereocenters. The lowest BCUT2D eigenvalue weighted by molar-refractivity contribution is 0.0698. The first-order chi connectivity index (χ1) is 15.7. The van der Waals surface area contributed by atoms with Crippen molar-refractivity contribution < 1.29 is 9.21 Å². The Kier molecular flexibility index (Phi) is 5.30. The van der Waals surface area contributed by atoms with Gasteiger partial charge in [0.15, 0.2) is 5.76 Å². The van der Waals surface area contributed by atoms with Gasteiger partial charge in [-0.1, -0.05) is 72.8 Å². The molecule has 0 aliphatic carbocycles. The Morgan fingerprint density at radius 1 is 0.938 bits per heavy atom. The first-order valence-electron chi connectivity index (χ1n) is 10.6. The molecule has 1 N–H and O–H groups in total. The molecule has 5 nitrogen and oxygen atoms in total. The van der Waals surface area contributed by atoms with Crippen molar-refractivity contribution in [3.05, 3.63) is 114 Å². The van der Waals surface area contributed by atoms with Crippen LogP contribution in [0.15, 0.2) is 95.7 Å². The Morgan fingerprint density at radius 3 is 2.47 bits per heavy atom. The molecule has 0 saturated carbocycles. The monoisotopic (exact) mass is 421 g/mol. The number of imidazole rings is 1. The van der Waals surface area contributed by atoms with E-state index in [9.17, 15) is 4.79 Å². The highest BCUT2D eigenvalue weighted by Gasteiger charge is 2.23. The second-order valence-electron chi connectivity index (χ2n) is 7.81. The van der Waals surface area contributed by atoms with Crippen molar-refractivity contribution >= 4 is 16.9 Å². The van der Waals surface area contributed by atoms with Gasteiger partial charge < -0.3 is 14.3 Å². The van der Waals surface area contributed by atoms with Gasteiger partial charge in [-0.05, 0) is 35.7 Å². The Hall–Kier alpha value is -4.12.